The number of imidazole rings is 1. The van der Waals surface area contributed by atoms with Crippen molar-refractivity contribution in [1.29, 1.82) is 0 Å². The Bertz CT molecular complexity index is 853. The Kier molecular flexibility index (Phi) is 10.1. The van der Waals surface area contributed by atoms with Gasteiger partial charge in [0.2, 0.25) is 0 Å². The van der Waals surface area contributed by atoms with E-state index in [-0.39, 0.29) is 24.0 Å². The van der Waals surface area contributed by atoms with Crippen LogP contribution in [-0.2, 0) is 13.1 Å². The highest BCUT2D eigenvalue weighted by Crippen LogP contribution is 2.08. The molecule has 1 aromatic heterocycles. The van der Waals surface area contributed by atoms with E-state index < -0.39 is 0 Å². The minimum atomic E-state index is 0. The molecule has 3 aromatic rings. The summed E-state index contributed by atoms with van der Waals surface area (Å²) in [5, 5.41) is 6.68. The van der Waals surface area contributed by atoms with Crippen molar-refractivity contribution in [3.8, 4) is 5.75 Å². The lowest BCUT2D eigenvalue weighted by Gasteiger charge is -2.13. The summed E-state index contributed by atoms with van der Waals surface area (Å²) in [5.41, 5.74) is 2.46. The fourth-order valence-electron chi connectivity index (χ4n) is 2.82. The van der Waals surface area contributed by atoms with E-state index in [9.17, 15) is 0 Å². The van der Waals surface area contributed by atoms with Gasteiger partial charge in [0.1, 0.15) is 5.75 Å². The molecule has 2 aromatic carbocycles. The zero-order chi connectivity index (χ0) is 19.4. The lowest BCUT2D eigenvalue weighted by atomic mass is 10.1. The van der Waals surface area contributed by atoms with Crippen LogP contribution in [0, 0.1) is 0 Å². The summed E-state index contributed by atoms with van der Waals surface area (Å²) < 4.78 is 7.76. The summed E-state index contributed by atoms with van der Waals surface area (Å²) in [6, 6.07) is 18.4. The van der Waals surface area contributed by atoms with Crippen molar-refractivity contribution < 1.29 is 4.74 Å². The zero-order valence-corrected chi connectivity index (χ0v) is 19.0. The van der Waals surface area contributed by atoms with Gasteiger partial charge in [0.05, 0.1) is 12.9 Å². The Morgan fingerprint density at radius 1 is 1.07 bits per heavy atom. The third-order valence-electron chi connectivity index (χ3n) is 4.22. The average molecular weight is 505 g/mol. The molecular weight excluding hydrogens is 477 g/mol. The first-order chi connectivity index (χ1) is 13.8. The number of hydrogen-bond acceptors (Lipinski definition) is 3. The number of hydrogen-bond donors (Lipinski definition) is 2. The second-order valence-electron chi connectivity index (χ2n) is 6.42. The summed E-state index contributed by atoms with van der Waals surface area (Å²) in [4.78, 5) is 8.37. The molecule has 0 amide bonds. The van der Waals surface area contributed by atoms with Crippen molar-refractivity contribution in [2.45, 2.75) is 19.5 Å². The molecule has 0 saturated carbocycles. The van der Waals surface area contributed by atoms with Crippen molar-refractivity contribution >= 4 is 29.9 Å². The van der Waals surface area contributed by atoms with E-state index in [4.69, 9.17) is 4.74 Å². The summed E-state index contributed by atoms with van der Waals surface area (Å²) in [5.74, 6) is 1.69. The van der Waals surface area contributed by atoms with Gasteiger partial charge in [0.25, 0.3) is 0 Å². The molecule has 1 heterocycles. The largest absolute Gasteiger partial charge is 0.494 e. The number of nitrogens with zero attached hydrogens (tertiary/aromatic N) is 3. The second kappa shape index (κ2) is 12.8. The van der Waals surface area contributed by atoms with Crippen LogP contribution in [-0.4, -0.2) is 35.7 Å². The molecule has 6 nitrogen and oxygen atoms in total. The van der Waals surface area contributed by atoms with E-state index in [1.807, 2.05) is 42.9 Å². The maximum absolute atomic E-state index is 5.70. The Balaban J connectivity index is 0.00000300. The van der Waals surface area contributed by atoms with Gasteiger partial charge in [-0.15, -0.1) is 24.0 Å². The molecule has 3 rings (SSSR count). The highest BCUT2D eigenvalue weighted by atomic mass is 127. The predicted molar refractivity (Wildman–Crippen MR) is 128 cm³/mol. The lowest BCUT2D eigenvalue weighted by molar-refractivity contribution is 0.311. The number of para-hydroxylation sites is 1. The van der Waals surface area contributed by atoms with Crippen molar-refractivity contribution in [2.24, 2.45) is 4.99 Å². The number of guanidine groups is 1. The standard InChI is InChI=1S/C22H27N5O.HI/c1-23-22(25-11-6-14-28-21-9-3-2-4-10-21)26-16-19-7-5-8-20(15-19)17-27-13-12-24-18-27;/h2-5,7-10,12-13,15,18H,6,11,14,16-17H2,1H3,(H2,23,25,26);1H. The highest BCUT2D eigenvalue weighted by molar-refractivity contribution is 14.0. The van der Waals surface area contributed by atoms with Gasteiger partial charge in [-0.05, 0) is 29.7 Å². The van der Waals surface area contributed by atoms with E-state index in [1.165, 1.54) is 11.1 Å². The molecule has 0 bridgehead atoms. The quantitative estimate of drug-likeness (QED) is 0.202. The van der Waals surface area contributed by atoms with Crippen LogP contribution in [0.3, 0.4) is 0 Å². The predicted octanol–water partition coefficient (Wildman–Crippen LogP) is 3.68. The molecule has 0 aliphatic rings. The van der Waals surface area contributed by atoms with Crippen LogP contribution in [0.4, 0.5) is 0 Å². The number of ether oxygens (including phenoxy) is 1. The van der Waals surface area contributed by atoms with Crippen LogP contribution < -0.4 is 15.4 Å². The van der Waals surface area contributed by atoms with E-state index >= 15 is 0 Å². The highest BCUT2D eigenvalue weighted by Gasteiger charge is 2.01. The van der Waals surface area contributed by atoms with Crippen LogP contribution >= 0.6 is 24.0 Å². The molecule has 0 aliphatic carbocycles. The number of aliphatic imine (C=N–C) groups is 1. The van der Waals surface area contributed by atoms with Gasteiger partial charge in [-0.3, -0.25) is 4.99 Å². The van der Waals surface area contributed by atoms with E-state index in [2.05, 4.69) is 49.4 Å². The molecule has 0 spiro atoms. The van der Waals surface area contributed by atoms with Gasteiger partial charge < -0.3 is 19.9 Å². The minimum Gasteiger partial charge on any atom is -0.494 e. The number of rotatable bonds is 9. The van der Waals surface area contributed by atoms with Crippen LogP contribution in [0.1, 0.15) is 17.5 Å². The first-order valence-corrected chi connectivity index (χ1v) is 9.49. The van der Waals surface area contributed by atoms with Gasteiger partial charge >= 0.3 is 0 Å². The first-order valence-electron chi connectivity index (χ1n) is 9.49. The summed E-state index contributed by atoms with van der Waals surface area (Å²) in [6.45, 7) is 3.01. The molecule has 7 heteroatoms. The topological polar surface area (TPSA) is 63.5 Å². The third kappa shape index (κ3) is 8.15. The van der Waals surface area contributed by atoms with Crippen LogP contribution in [0.25, 0.3) is 0 Å². The van der Waals surface area contributed by atoms with Crippen molar-refractivity contribution in [1.82, 2.24) is 20.2 Å². The molecular formula is C22H28IN5O. The maximum Gasteiger partial charge on any atom is 0.191 e. The van der Waals surface area contributed by atoms with Crippen molar-refractivity contribution in [3.05, 3.63) is 84.4 Å². The second-order valence-corrected chi connectivity index (χ2v) is 6.42. The molecule has 0 fully saturated rings. The molecule has 0 saturated heterocycles. The lowest BCUT2D eigenvalue weighted by Crippen LogP contribution is -2.37. The monoisotopic (exact) mass is 505 g/mol. The summed E-state index contributed by atoms with van der Waals surface area (Å²) in [6.07, 6.45) is 6.50. The first kappa shape index (κ1) is 22.7. The zero-order valence-electron chi connectivity index (χ0n) is 16.6. The smallest absolute Gasteiger partial charge is 0.191 e. The SMILES string of the molecule is CN=C(NCCCOc1ccccc1)NCc1cccc(Cn2ccnc2)c1.I. The molecule has 29 heavy (non-hydrogen) atoms. The maximum atomic E-state index is 5.70. The molecule has 0 atom stereocenters. The summed E-state index contributed by atoms with van der Waals surface area (Å²) in [7, 11) is 1.78. The Hall–Kier alpha value is -2.55. The molecule has 0 aliphatic heterocycles. The van der Waals surface area contributed by atoms with Crippen molar-refractivity contribution in [2.75, 3.05) is 20.2 Å². The number of halogens is 1. The number of aromatic nitrogens is 2. The third-order valence-corrected chi connectivity index (χ3v) is 4.22. The molecule has 154 valence electrons. The molecule has 0 unspecified atom stereocenters. The number of benzene rings is 2. The minimum absolute atomic E-state index is 0. The van der Waals surface area contributed by atoms with Crippen molar-refractivity contribution in [3.63, 3.8) is 0 Å². The Morgan fingerprint density at radius 3 is 2.66 bits per heavy atom. The van der Waals surface area contributed by atoms with E-state index in [1.54, 1.807) is 13.2 Å². The van der Waals surface area contributed by atoms with Crippen LogP contribution in [0.5, 0.6) is 5.75 Å². The van der Waals surface area contributed by atoms with Crippen LogP contribution in [0.15, 0.2) is 78.3 Å². The number of nitrogens with one attached hydrogen (secondary N) is 2. The fourth-order valence-corrected chi connectivity index (χ4v) is 2.82. The van der Waals surface area contributed by atoms with Crippen LogP contribution in [0.2, 0.25) is 0 Å². The van der Waals surface area contributed by atoms with E-state index in [0.29, 0.717) is 6.61 Å². The van der Waals surface area contributed by atoms with Gasteiger partial charge in [-0.1, -0.05) is 42.5 Å². The van der Waals surface area contributed by atoms with Gasteiger partial charge in [-0.2, -0.15) is 0 Å². The molecule has 0 radical (unpaired) electrons. The van der Waals surface area contributed by atoms with E-state index in [0.717, 1.165) is 37.8 Å². The fraction of sp³-hybridized carbons (Fsp3) is 0.273. The normalized spacial score (nSPS) is 10.9. The van der Waals surface area contributed by atoms with Gasteiger partial charge in [0, 0.05) is 39.1 Å². The summed E-state index contributed by atoms with van der Waals surface area (Å²) >= 11 is 0. The Labute approximate surface area is 189 Å². The average Bonchev–Trinajstić information content (AvgIpc) is 3.24. The van der Waals surface area contributed by atoms with Gasteiger partial charge in [-0.25, -0.2) is 4.98 Å². The molecule has 2 N–H and O–H groups in total. The Morgan fingerprint density at radius 2 is 1.90 bits per heavy atom. The van der Waals surface area contributed by atoms with Gasteiger partial charge in [0.15, 0.2) is 5.96 Å².